The number of benzene rings is 1. The Morgan fingerprint density at radius 1 is 1.50 bits per heavy atom. The standard InChI is InChI=1S/C11H15NOS/c1-7-5-10(12)9-6-8(13-2)3-4-11(9)14-7/h3-4,6-7,10H,5,12H2,1-2H3. The number of nitrogens with two attached hydrogens (primary N) is 1. The van der Waals surface area contributed by atoms with Gasteiger partial charge in [-0.25, -0.2) is 0 Å². The highest BCUT2D eigenvalue weighted by Crippen LogP contribution is 2.40. The van der Waals surface area contributed by atoms with Crippen LogP contribution in [0.25, 0.3) is 0 Å². The summed E-state index contributed by atoms with van der Waals surface area (Å²) in [6.45, 7) is 2.22. The quantitative estimate of drug-likeness (QED) is 0.772. The second-order valence-corrected chi connectivity index (χ2v) is 5.15. The topological polar surface area (TPSA) is 35.2 Å². The summed E-state index contributed by atoms with van der Waals surface area (Å²) in [7, 11) is 1.69. The van der Waals surface area contributed by atoms with Gasteiger partial charge in [0.25, 0.3) is 0 Å². The van der Waals surface area contributed by atoms with Gasteiger partial charge in [0.2, 0.25) is 0 Å². The zero-order valence-electron chi connectivity index (χ0n) is 8.49. The Kier molecular flexibility index (Phi) is 2.70. The van der Waals surface area contributed by atoms with Crippen LogP contribution in [0.4, 0.5) is 0 Å². The Labute approximate surface area is 88.8 Å². The average molecular weight is 209 g/mol. The number of ether oxygens (including phenoxy) is 1. The molecule has 2 rings (SSSR count). The summed E-state index contributed by atoms with van der Waals surface area (Å²) in [5.41, 5.74) is 7.32. The lowest BCUT2D eigenvalue weighted by Gasteiger charge is -2.26. The first-order valence-corrected chi connectivity index (χ1v) is 5.69. The summed E-state index contributed by atoms with van der Waals surface area (Å²) >= 11 is 1.90. The van der Waals surface area contributed by atoms with Gasteiger partial charge in [0.05, 0.1) is 7.11 Å². The van der Waals surface area contributed by atoms with Crippen LogP contribution in [-0.2, 0) is 0 Å². The van der Waals surface area contributed by atoms with Crippen molar-refractivity contribution in [3.05, 3.63) is 23.8 Å². The van der Waals surface area contributed by atoms with Gasteiger partial charge in [0.1, 0.15) is 5.75 Å². The van der Waals surface area contributed by atoms with E-state index >= 15 is 0 Å². The van der Waals surface area contributed by atoms with E-state index in [0.717, 1.165) is 12.2 Å². The van der Waals surface area contributed by atoms with Crippen LogP contribution < -0.4 is 10.5 Å². The molecule has 0 spiro atoms. The second kappa shape index (κ2) is 3.83. The van der Waals surface area contributed by atoms with E-state index in [4.69, 9.17) is 10.5 Å². The fraction of sp³-hybridized carbons (Fsp3) is 0.455. The first kappa shape index (κ1) is 9.87. The van der Waals surface area contributed by atoms with Crippen LogP contribution in [0.1, 0.15) is 24.9 Å². The third-order valence-corrected chi connectivity index (χ3v) is 3.75. The summed E-state index contributed by atoms with van der Waals surface area (Å²) < 4.78 is 5.19. The summed E-state index contributed by atoms with van der Waals surface area (Å²) in [5, 5.41) is 0.617. The van der Waals surface area contributed by atoms with Crippen molar-refractivity contribution in [2.24, 2.45) is 5.73 Å². The maximum Gasteiger partial charge on any atom is 0.119 e. The smallest absolute Gasteiger partial charge is 0.119 e. The van der Waals surface area contributed by atoms with E-state index in [2.05, 4.69) is 19.1 Å². The molecule has 2 nitrogen and oxygen atoms in total. The van der Waals surface area contributed by atoms with Gasteiger partial charge in [-0.2, -0.15) is 0 Å². The van der Waals surface area contributed by atoms with Crippen molar-refractivity contribution in [3.63, 3.8) is 0 Å². The Morgan fingerprint density at radius 3 is 3.00 bits per heavy atom. The molecule has 1 aromatic rings. The predicted molar refractivity (Wildman–Crippen MR) is 59.9 cm³/mol. The molecule has 0 fully saturated rings. The molecule has 2 N–H and O–H groups in total. The van der Waals surface area contributed by atoms with Gasteiger partial charge in [-0.05, 0) is 30.2 Å². The molecule has 0 aliphatic carbocycles. The van der Waals surface area contributed by atoms with Crippen LogP contribution in [0.2, 0.25) is 0 Å². The zero-order chi connectivity index (χ0) is 10.1. The van der Waals surface area contributed by atoms with Crippen molar-refractivity contribution in [2.45, 2.75) is 29.5 Å². The van der Waals surface area contributed by atoms with Crippen molar-refractivity contribution in [1.82, 2.24) is 0 Å². The SMILES string of the molecule is COc1ccc2c(c1)C(N)CC(C)S2. The van der Waals surface area contributed by atoms with Gasteiger partial charge >= 0.3 is 0 Å². The van der Waals surface area contributed by atoms with Gasteiger partial charge in [0, 0.05) is 16.2 Å². The molecule has 14 heavy (non-hydrogen) atoms. The third-order valence-electron chi connectivity index (χ3n) is 2.53. The number of thioether (sulfide) groups is 1. The molecule has 2 atom stereocenters. The molecule has 0 radical (unpaired) electrons. The molecule has 0 saturated carbocycles. The molecular weight excluding hydrogens is 194 g/mol. The van der Waals surface area contributed by atoms with Crippen LogP contribution in [0, 0.1) is 0 Å². The summed E-state index contributed by atoms with van der Waals surface area (Å²) in [6.07, 6.45) is 1.05. The monoisotopic (exact) mass is 209 g/mol. The lowest BCUT2D eigenvalue weighted by Crippen LogP contribution is -2.20. The van der Waals surface area contributed by atoms with E-state index in [1.807, 2.05) is 17.8 Å². The van der Waals surface area contributed by atoms with E-state index in [1.54, 1.807) is 7.11 Å². The summed E-state index contributed by atoms with van der Waals surface area (Å²) in [6, 6.07) is 6.32. The van der Waals surface area contributed by atoms with Crippen molar-refractivity contribution in [3.8, 4) is 5.75 Å². The second-order valence-electron chi connectivity index (χ2n) is 3.67. The molecule has 2 unspecified atom stereocenters. The number of rotatable bonds is 1. The maximum absolute atomic E-state index is 6.09. The average Bonchev–Trinajstić information content (AvgIpc) is 2.17. The Hall–Kier alpha value is -0.670. The van der Waals surface area contributed by atoms with Gasteiger partial charge in [0.15, 0.2) is 0 Å². The lowest BCUT2D eigenvalue weighted by molar-refractivity contribution is 0.413. The fourth-order valence-electron chi connectivity index (χ4n) is 1.80. The highest BCUT2D eigenvalue weighted by Gasteiger charge is 2.22. The lowest BCUT2D eigenvalue weighted by atomic mass is 10.0. The minimum atomic E-state index is 0.163. The molecule has 0 amide bonds. The zero-order valence-corrected chi connectivity index (χ0v) is 9.30. The van der Waals surface area contributed by atoms with Gasteiger partial charge in [-0.1, -0.05) is 6.92 Å². The molecule has 3 heteroatoms. The molecule has 1 heterocycles. The Balaban J connectivity index is 2.39. The first-order valence-electron chi connectivity index (χ1n) is 4.81. The molecular formula is C11H15NOS. The van der Waals surface area contributed by atoms with E-state index in [1.165, 1.54) is 10.5 Å². The normalized spacial score (nSPS) is 25.6. The highest BCUT2D eigenvalue weighted by atomic mass is 32.2. The van der Waals surface area contributed by atoms with Gasteiger partial charge in [-0.3, -0.25) is 0 Å². The molecule has 1 aromatic carbocycles. The largest absolute Gasteiger partial charge is 0.497 e. The van der Waals surface area contributed by atoms with E-state index < -0.39 is 0 Å². The minimum absolute atomic E-state index is 0.163. The van der Waals surface area contributed by atoms with Crippen LogP contribution in [0.5, 0.6) is 5.75 Å². The van der Waals surface area contributed by atoms with Crippen LogP contribution >= 0.6 is 11.8 Å². The number of hydrogen-bond acceptors (Lipinski definition) is 3. The van der Waals surface area contributed by atoms with E-state index in [9.17, 15) is 0 Å². The maximum atomic E-state index is 6.09. The molecule has 0 bridgehead atoms. The van der Waals surface area contributed by atoms with Crippen molar-refractivity contribution < 1.29 is 4.74 Å². The third kappa shape index (κ3) is 1.74. The molecule has 1 aliphatic rings. The van der Waals surface area contributed by atoms with Crippen molar-refractivity contribution in [2.75, 3.05) is 7.11 Å². The molecule has 76 valence electrons. The molecule has 0 aromatic heterocycles. The van der Waals surface area contributed by atoms with Crippen molar-refractivity contribution in [1.29, 1.82) is 0 Å². The predicted octanol–water partition coefficient (Wildman–Crippen LogP) is 2.58. The van der Waals surface area contributed by atoms with E-state index in [0.29, 0.717) is 5.25 Å². The van der Waals surface area contributed by atoms with Crippen LogP contribution in [0.15, 0.2) is 23.1 Å². The van der Waals surface area contributed by atoms with Gasteiger partial charge < -0.3 is 10.5 Å². The highest BCUT2D eigenvalue weighted by molar-refractivity contribution is 8.00. The Morgan fingerprint density at radius 2 is 2.29 bits per heavy atom. The van der Waals surface area contributed by atoms with E-state index in [-0.39, 0.29) is 6.04 Å². The molecule has 1 aliphatic heterocycles. The Bertz CT molecular complexity index is 340. The number of hydrogen-bond donors (Lipinski definition) is 1. The summed E-state index contributed by atoms with van der Waals surface area (Å²) in [5.74, 6) is 0.898. The fourth-order valence-corrected chi connectivity index (χ4v) is 3.03. The summed E-state index contributed by atoms with van der Waals surface area (Å²) in [4.78, 5) is 1.30. The van der Waals surface area contributed by atoms with Gasteiger partial charge in [-0.15, -0.1) is 11.8 Å². The van der Waals surface area contributed by atoms with Crippen LogP contribution in [0.3, 0.4) is 0 Å². The first-order chi connectivity index (χ1) is 6.70. The number of methoxy groups -OCH3 is 1. The number of fused-ring (bicyclic) bond motifs is 1. The minimum Gasteiger partial charge on any atom is -0.497 e. The van der Waals surface area contributed by atoms with Crippen LogP contribution in [-0.4, -0.2) is 12.4 Å². The molecule has 0 saturated heterocycles. The van der Waals surface area contributed by atoms with Crippen molar-refractivity contribution >= 4 is 11.8 Å².